The number of nitrogens with two attached hydrogens (primary N) is 1. The number of carbonyl (C=O) groups excluding carboxylic acids is 1. The van der Waals surface area contributed by atoms with Gasteiger partial charge >= 0.3 is 0 Å². The molecule has 124 valence electrons. The number of aromatic amines is 1. The molecule has 0 radical (unpaired) electrons. The topological polar surface area (TPSA) is 116 Å². The predicted molar refractivity (Wildman–Crippen MR) is 98.0 cm³/mol. The molecule has 0 saturated carbocycles. The third-order valence-electron chi connectivity index (χ3n) is 4.44. The minimum atomic E-state index is -0.204. The zero-order valence-corrected chi connectivity index (χ0v) is 13.8. The summed E-state index contributed by atoms with van der Waals surface area (Å²) in [6.07, 6.45) is 0.545. The van der Waals surface area contributed by atoms with Crippen LogP contribution in [0.5, 0.6) is 5.88 Å². The molecule has 0 aliphatic carbocycles. The monoisotopic (exact) mass is 351 g/mol. The standard InChI is InChI=1S/C17H13N5O2S/c18-17-21-12(16(24)22-17)8-5-6-19-15(23)13-10(8)14-11(20-13)7-3-1-2-4-9(7)25-14/h1-4,24H,5-6H2,(H,19,23)(H3,18,21,22). The Balaban J connectivity index is 1.86. The predicted octanol–water partition coefficient (Wildman–Crippen LogP) is 2.43. The molecular weight excluding hydrogens is 338 g/mol. The van der Waals surface area contributed by atoms with E-state index in [0.29, 0.717) is 24.4 Å². The van der Waals surface area contributed by atoms with Crippen LogP contribution in [0.3, 0.4) is 0 Å². The third kappa shape index (κ3) is 1.94. The largest absolute Gasteiger partial charge is 0.492 e. The average Bonchev–Trinajstić information content (AvgIpc) is 3.20. The minimum absolute atomic E-state index is 0.136. The fraction of sp³-hybridized carbons (Fsp3) is 0.118. The maximum absolute atomic E-state index is 12.5. The lowest BCUT2D eigenvalue weighted by molar-refractivity contribution is -0.114. The second-order valence-corrected chi connectivity index (χ2v) is 6.97. The van der Waals surface area contributed by atoms with Crippen molar-refractivity contribution in [3.63, 3.8) is 0 Å². The van der Waals surface area contributed by atoms with Crippen LogP contribution in [0.1, 0.15) is 17.0 Å². The number of carbonyl (C=O) groups is 1. The molecule has 0 spiro atoms. The van der Waals surface area contributed by atoms with Crippen LogP contribution < -0.4 is 11.1 Å². The van der Waals surface area contributed by atoms with Crippen LogP contribution in [0, 0.1) is 0 Å². The summed E-state index contributed by atoms with van der Waals surface area (Å²) in [6.45, 7) is 0.454. The Bertz CT molecular complexity index is 1120. The molecule has 2 aliphatic heterocycles. The van der Waals surface area contributed by atoms with Crippen molar-refractivity contribution in [2.45, 2.75) is 6.42 Å². The Morgan fingerprint density at radius 3 is 2.92 bits per heavy atom. The van der Waals surface area contributed by atoms with E-state index in [0.717, 1.165) is 31.8 Å². The summed E-state index contributed by atoms with van der Waals surface area (Å²) >= 11 is 1.59. The van der Waals surface area contributed by atoms with E-state index >= 15 is 0 Å². The van der Waals surface area contributed by atoms with Crippen molar-refractivity contribution in [1.29, 1.82) is 0 Å². The molecule has 5 N–H and O–H groups in total. The Morgan fingerprint density at radius 1 is 1.28 bits per heavy atom. The molecule has 3 aromatic rings. The number of hydrogen-bond acceptors (Lipinski definition) is 6. The third-order valence-corrected chi connectivity index (χ3v) is 5.62. The lowest BCUT2D eigenvalue weighted by Crippen LogP contribution is -2.29. The molecule has 0 saturated heterocycles. The lowest BCUT2D eigenvalue weighted by Gasteiger charge is -2.07. The van der Waals surface area contributed by atoms with Crippen LogP contribution in [-0.2, 0) is 4.79 Å². The summed E-state index contributed by atoms with van der Waals surface area (Å²) in [4.78, 5) is 24.8. The summed E-state index contributed by atoms with van der Waals surface area (Å²) in [5.41, 5.74) is 8.88. The van der Waals surface area contributed by atoms with E-state index in [-0.39, 0.29) is 17.7 Å². The Labute approximate surface area is 145 Å². The normalized spacial score (nSPS) is 16.5. The van der Waals surface area contributed by atoms with Gasteiger partial charge in [-0.15, -0.1) is 11.3 Å². The summed E-state index contributed by atoms with van der Waals surface area (Å²) in [6, 6.07) is 7.98. The van der Waals surface area contributed by atoms with E-state index in [2.05, 4.69) is 20.3 Å². The first-order valence-corrected chi connectivity index (χ1v) is 8.62. The molecule has 2 aliphatic rings. The summed E-state index contributed by atoms with van der Waals surface area (Å²) in [5, 5.41) is 14.0. The van der Waals surface area contributed by atoms with Gasteiger partial charge in [0.15, 0.2) is 0 Å². The molecule has 8 heteroatoms. The number of anilines is 1. The van der Waals surface area contributed by atoms with Gasteiger partial charge in [-0.05, 0) is 18.1 Å². The number of nitrogen functional groups attached to an aromatic ring is 1. The number of H-pyrrole nitrogens is 1. The quantitative estimate of drug-likeness (QED) is 0.539. The molecule has 0 fully saturated rings. The van der Waals surface area contributed by atoms with Gasteiger partial charge in [0, 0.05) is 22.2 Å². The van der Waals surface area contributed by atoms with Gasteiger partial charge in [0.25, 0.3) is 5.91 Å². The Morgan fingerprint density at radius 2 is 2.12 bits per heavy atom. The molecule has 7 nitrogen and oxygen atoms in total. The fourth-order valence-corrected chi connectivity index (χ4v) is 4.60. The van der Waals surface area contributed by atoms with Gasteiger partial charge < -0.3 is 21.1 Å². The van der Waals surface area contributed by atoms with E-state index in [1.54, 1.807) is 11.3 Å². The van der Waals surface area contributed by atoms with Gasteiger partial charge in [0.2, 0.25) is 11.8 Å². The number of thiophene rings is 1. The zero-order chi connectivity index (χ0) is 17.1. The van der Waals surface area contributed by atoms with Crippen molar-refractivity contribution in [3.05, 3.63) is 34.8 Å². The second-order valence-electron chi connectivity index (χ2n) is 5.92. The highest BCUT2D eigenvalue weighted by atomic mass is 32.1. The highest BCUT2D eigenvalue weighted by molar-refractivity contribution is 7.21. The first kappa shape index (κ1) is 14.2. The Hall–Kier alpha value is -3.13. The first-order valence-electron chi connectivity index (χ1n) is 7.80. The molecule has 25 heavy (non-hydrogen) atoms. The highest BCUT2D eigenvalue weighted by Gasteiger charge is 2.35. The number of rotatable bonds is 1. The molecule has 1 amide bonds. The maximum atomic E-state index is 12.5. The van der Waals surface area contributed by atoms with Gasteiger partial charge in [0.05, 0.1) is 10.6 Å². The first-order chi connectivity index (χ1) is 12.1. The number of benzene rings is 1. The number of nitrogens with zero attached hydrogens (tertiary/aromatic N) is 2. The smallest absolute Gasteiger partial charge is 0.270 e. The van der Waals surface area contributed by atoms with E-state index in [9.17, 15) is 9.90 Å². The van der Waals surface area contributed by atoms with Crippen molar-refractivity contribution < 1.29 is 9.90 Å². The van der Waals surface area contributed by atoms with E-state index in [1.807, 2.05) is 24.3 Å². The molecule has 1 aromatic carbocycles. The fourth-order valence-electron chi connectivity index (χ4n) is 3.38. The van der Waals surface area contributed by atoms with E-state index < -0.39 is 0 Å². The van der Waals surface area contributed by atoms with Crippen LogP contribution in [0.15, 0.2) is 29.3 Å². The minimum Gasteiger partial charge on any atom is -0.492 e. The molecule has 2 aromatic heterocycles. The number of fused-ring (bicyclic) bond motifs is 5. The number of nitrogens with one attached hydrogen (secondary N) is 2. The van der Waals surface area contributed by atoms with E-state index in [1.165, 1.54) is 0 Å². The van der Waals surface area contributed by atoms with Crippen LogP contribution in [0.4, 0.5) is 11.6 Å². The summed E-state index contributed by atoms with van der Waals surface area (Å²) in [7, 11) is 0. The highest BCUT2D eigenvalue weighted by Crippen LogP contribution is 2.50. The number of aliphatic imine (C=N–C) groups is 1. The van der Waals surface area contributed by atoms with Gasteiger partial charge in [-0.1, -0.05) is 18.2 Å². The van der Waals surface area contributed by atoms with Crippen LogP contribution in [-0.4, -0.2) is 33.2 Å². The van der Waals surface area contributed by atoms with Crippen LogP contribution >= 0.6 is 11.3 Å². The lowest BCUT2D eigenvalue weighted by atomic mass is 9.98. The van der Waals surface area contributed by atoms with Crippen LogP contribution in [0.25, 0.3) is 21.2 Å². The van der Waals surface area contributed by atoms with Crippen molar-refractivity contribution in [3.8, 4) is 5.88 Å². The van der Waals surface area contributed by atoms with Gasteiger partial charge in [-0.2, -0.15) is 4.98 Å². The summed E-state index contributed by atoms with van der Waals surface area (Å²) in [5.74, 6) is -0.232. The molecular formula is C17H13N5O2S. The number of amides is 1. The Kier molecular flexibility index (Phi) is 2.81. The SMILES string of the molecule is Nc1nc(O)c(C2=C3C(=Nc4c3sc3ccccc43)C(=O)NCC2)[nH]1. The van der Waals surface area contributed by atoms with Crippen LogP contribution in [0.2, 0.25) is 0 Å². The molecule has 5 rings (SSSR count). The van der Waals surface area contributed by atoms with Gasteiger partial charge in [-0.3, -0.25) is 4.79 Å². The second kappa shape index (κ2) is 4.93. The van der Waals surface area contributed by atoms with Crippen molar-refractivity contribution >= 4 is 55.8 Å². The number of aromatic hydroxyl groups is 1. The number of hydrogen-bond donors (Lipinski definition) is 4. The van der Waals surface area contributed by atoms with E-state index in [4.69, 9.17) is 5.73 Å². The number of imidazole rings is 1. The number of aromatic nitrogens is 2. The molecule has 0 unspecified atom stereocenters. The maximum Gasteiger partial charge on any atom is 0.270 e. The average molecular weight is 351 g/mol. The van der Waals surface area contributed by atoms with Crippen molar-refractivity contribution in [1.82, 2.24) is 15.3 Å². The summed E-state index contributed by atoms with van der Waals surface area (Å²) < 4.78 is 1.11. The molecule has 4 heterocycles. The van der Waals surface area contributed by atoms with Gasteiger partial charge in [0.1, 0.15) is 11.4 Å². The molecule has 0 bridgehead atoms. The molecule has 0 atom stereocenters. The van der Waals surface area contributed by atoms with Crippen molar-refractivity contribution in [2.24, 2.45) is 4.99 Å². The van der Waals surface area contributed by atoms with Gasteiger partial charge in [-0.25, -0.2) is 4.99 Å². The zero-order valence-electron chi connectivity index (χ0n) is 13.0. The van der Waals surface area contributed by atoms with Crippen molar-refractivity contribution in [2.75, 3.05) is 12.3 Å².